The number of methoxy groups -OCH3 is 1. The second-order valence-electron chi connectivity index (χ2n) is 10.4. The number of halogens is 3. The predicted molar refractivity (Wildman–Crippen MR) is 146 cm³/mol. The summed E-state index contributed by atoms with van der Waals surface area (Å²) < 4.78 is 49.4. The van der Waals surface area contributed by atoms with Crippen LogP contribution >= 0.6 is 0 Å². The lowest BCUT2D eigenvalue weighted by molar-refractivity contribution is -0.138. The van der Waals surface area contributed by atoms with Crippen LogP contribution in [0, 0.1) is 13.8 Å². The zero-order chi connectivity index (χ0) is 29.6. The van der Waals surface area contributed by atoms with Gasteiger partial charge in [-0.25, -0.2) is 0 Å². The van der Waals surface area contributed by atoms with Crippen LogP contribution in [0.15, 0.2) is 42.5 Å². The number of aromatic nitrogens is 4. The molecule has 2 atom stereocenters. The minimum Gasteiger partial charge on any atom is -0.468 e. The molecule has 5 rings (SSSR count). The summed E-state index contributed by atoms with van der Waals surface area (Å²) in [4.78, 5) is 33.2. The summed E-state index contributed by atoms with van der Waals surface area (Å²) in [5, 5.41) is 6.68. The normalized spacial score (nSPS) is 17.6. The van der Waals surface area contributed by atoms with Gasteiger partial charge in [0.2, 0.25) is 0 Å². The number of hydrogen-bond acceptors (Lipinski definition) is 5. The van der Waals surface area contributed by atoms with Gasteiger partial charge in [0.25, 0.3) is 17.8 Å². The molecule has 4 aromatic rings. The van der Waals surface area contributed by atoms with Crippen LogP contribution in [0.2, 0.25) is 0 Å². The van der Waals surface area contributed by atoms with Crippen LogP contribution < -0.4 is 10.1 Å². The molecule has 0 spiro atoms. The van der Waals surface area contributed by atoms with Crippen LogP contribution in [-0.2, 0) is 20.3 Å². The summed E-state index contributed by atoms with van der Waals surface area (Å²) in [6, 6.07) is 12.9. The van der Waals surface area contributed by atoms with Crippen LogP contribution in [0.25, 0.3) is 11.0 Å². The molecule has 0 bridgehead atoms. The number of fused-ring (bicyclic) bond motifs is 1. The molecule has 0 saturated carbocycles. The number of carbonyl (C=O) groups excluding carboxylic acids is 2. The third kappa shape index (κ3) is 5.14. The molecule has 0 aliphatic carbocycles. The summed E-state index contributed by atoms with van der Waals surface area (Å²) in [5.41, 5.74) is 1.87. The van der Waals surface area contributed by atoms with Crippen molar-refractivity contribution in [2.75, 3.05) is 20.2 Å². The fraction of sp³-hybridized carbons (Fsp3) is 0.379. The topological polar surface area (TPSA) is 94.3 Å². The summed E-state index contributed by atoms with van der Waals surface area (Å²) in [6.45, 7) is 3.71. The second-order valence-corrected chi connectivity index (χ2v) is 10.4. The quantitative estimate of drug-likeness (QED) is 0.386. The lowest BCUT2D eigenvalue weighted by Gasteiger charge is -2.39. The molecule has 1 N–H and O–H groups in total. The Morgan fingerprint density at radius 2 is 1.80 bits per heavy atom. The zero-order valence-corrected chi connectivity index (χ0v) is 23.4. The number of carbonyl (C=O) groups is 2. The second kappa shape index (κ2) is 10.6. The first kappa shape index (κ1) is 28.2. The number of rotatable bonds is 5. The number of amides is 2. The molecule has 0 unspecified atom stereocenters. The highest BCUT2D eigenvalue weighted by atomic mass is 19.4. The fourth-order valence-corrected chi connectivity index (χ4v) is 5.77. The number of nitrogens with zero attached hydrogens (tertiary/aromatic N) is 5. The van der Waals surface area contributed by atoms with Crippen LogP contribution in [0.4, 0.5) is 13.2 Å². The molecule has 2 amide bonds. The van der Waals surface area contributed by atoms with E-state index in [1.807, 2.05) is 44.3 Å². The molecule has 2 aromatic carbocycles. The first-order chi connectivity index (χ1) is 19.4. The average molecular weight is 569 g/mol. The standard InChI is InChI=1S/C29H31F3N6O3/c1-16-13-19(14-22-24(16)34-28(41-5)36(22)3)27(40)38-12-11-21(20(15-38)18-9-7-6-8-10-18)33-26(39)25-23(29(30,31)32)17(2)35-37(25)4/h6-10,13-14,20-21H,11-12,15H2,1-5H3,(H,33,39)/t20-,21-/m1/s1. The Balaban J connectivity index is 1.44. The van der Waals surface area contributed by atoms with Gasteiger partial charge in [-0.1, -0.05) is 30.3 Å². The van der Waals surface area contributed by atoms with Crippen molar-refractivity contribution < 1.29 is 27.5 Å². The van der Waals surface area contributed by atoms with Gasteiger partial charge in [0.05, 0.1) is 23.8 Å². The molecule has 12 heteroatoms. The van der Waals surface area contributed by atoms with Gasteiger partial charge in [-0.3, -0.25) is 18.8 Å². The largest absolute Gasteiger partial charge is 0.468 e. The number of hydrogen-bond donors (Lipinski definition) is 1. The van der Waals surface area contributed by atoms with E-state index < -0.39 is 29.4 Å². The molecular formula is C29H31F3N6O3. The van der Waals surface area contributed by atoms with E-state index in [9.17, 15) is 22.8 Å². The van der Waals surface area contributed by atoms with Crippen molar-refractivity contribution in [1.29, 1.82) is 0 Å². The van der Waals surface area contributed by atoms with Crippen molar-refractivity contribution in [2.45, 2.75) is 38.4 Å². The molecule has 41 heavy (non-hydrogen) atoms. The van der Waals surface area contributed by atoms with E-state index in [1.165, 1.54) is 21.1 Å². The van der Waals surface area contributed by atoms with Gasteiger partial charge in [-0.2, -0.15) is 23.3 Å². The number of alkyl halides is 3. The maximum atomic E-state index is 13.8. The van der Waals surface area contributed by atoms with Crippen LogP contribution in [0.1, 0.15) is 55.6 Å². The molecule has 216 valence electrons. The average Bonchev–Trinajstić information content (AvgIpc) is 3.43. The zero-order valence-electron chi connectivity index (χ0n) is 23.4. The van der Waals surface area contributed by atoms with E-state index in [4.69, 9.17) is 4.74 Å². The van der Waals surface area contributed by atoms with E-state index in [2.05, 4.69) is 15.4 Å². The van der Waals surface area contributed by atoms with E-state index >= 15 is 0 Å². The number of piperidine rings is 1. The Bertz CT molecular complexity index is 1630. The number of benzene rings is 2. The summed E-state index contributed by atoms with van der Waals surface area (Å²) in [5.74, 6) is -1.37. The van der Waals surface area contributed by atoms with Crippen LogP contribution in [0.5, 0.6) is 6.01 Å². The van der Waals surface area contributed by atoms with E-state index in [0.717, 1.165) is 26.8 Å². The Hall–Kier alpha value is -4.35. The number of ether oxygens (including phenoxy) is 1. The van der Waals surface area contributed by atoms with Gasteiger partial charge < -0.3 is 15.0 Å². The van der Waals surface area contributed by atoms with E-state index in [-0.39, 0.29) is 24.1 Å². The van der Waals surface area contributed by atoms with Crippen molar-refractivity contribution in [3.05, 3.63) is 76.1 Å². The first-order valence-electron chi connectivity index (χ1n) is 13.2. The summed E-state index contributed by atoms with van der Waals surface area (Å²) in [6.07, 6.45) is -4.37. The highest BCUT2D eigenvalue weighted by molar-refractivity contribution is 5.99. The SMILES string of the molecule is COc1nc2c(C)cc(C(=O)N3CC[C@@H](NC(=O)c4c(C(F)(F)F)c(C)nn4C)[C@@H](c4ccccc4)C3)cc2n1C. The predicted octanol–water partition coefficient (Wildman–Crippen LogP) is 4.38. The number of likely N-dealkylation sites (tertiary alicyclic amines) is 1. The van der Waals surface area contributed by atoms with Crippen molar-refractivity contribution in [3.63, 3.8) is 0 Å². The Morgan fingerprint density at radius 1 is 1.10 bits per heavy atom. The van der Waals surface area contributed by atoms with Gasteiger partial charge in [0, 0.05) is 44.7 Å². The van der Waals surface area contributed by atoms with Crippen LogP contribution in [-0.4, -0.2) is 62.3 Å². The number of aryl methyl sites for hydroxylation is 4. The van der Waals surface area contributed by atoms with Crippen molar-refractivity contribution in [3.8, 4) is 6.01 Å². The monoisotopic (exact) mass is 568 g/mol. The maximum absolute atomic E-state index is 13.8. The molecular weight excluding hydrogens is 537 g/mol. The summed E-state index contributed by atoms with van der Waals surface area (Å²) >= 11 is 0. The fourth-order valence-electron chi connectivity index (χ4n) is 5.77. The van der Waals surface area contributed by atoms with Gasteiger partial charge >= 0.3 is 6.18 Å². The Kier molecular flexibility index (Phi) is 7.26. The molecule has 0 radical (unpaired) electrons. The molecule has 1 fully saturated rings. The van der Waals surface area contributed by atoms with Gasteiger partial charge in [-0.05, 0) is 43.5 Å². The van der Waals surface area contributed by atoms with Crippen molar-refractivity contribution >= 4 is 22.8 Å². The lowest BCUT2D eigenvalue weighted by atomic mass is 9.85. The molecule has 1 aliphatic heterocycles. The minimum atomic E-state index is -4.73. The van der Waals surface area contributed by atoms with E-state index in [1.54, 1.807) is 21.6 Å². The molecule has 9 nitrogen and oxygen atoms in total. The van der Waals surface area contributed by atoms with Gasteiger partial charge in [-0.15, -0.1) is 0 Å². The van der Waals surface area contributed by atoms with Gasteiger partial charge in [0.1, 0.15) is 11.3 Å². The van der Waals surface area contributed by atoms with Crippen molar-refractivity contribution in [1.82, 2.24) is 29.5 Å². The molecule has 2 aromatic heterocycles. The van der Waals surface area contributed by atoms with Crippen LogP contribution in [0.3, 0.4) is 0 Å². The number of imidazole rings is 1. The first-order valence-corrected chi connectivity index (χ1v) is 13.2. The minimum absolute atomic E-state index is 0.178. The molecule has 3 heterocycles. The van der Waals surface area contributed by atoms with E-state index in [0.29, 0.717) is 24.5 Å². The Morgan fingerprint density at radius 3 is 2.46 bits per heavy atom. The maximum Gasteiger partial charge on any atom is 0.420 e. The lowest BCUT2D eigenvalue weighted by Crippen LogP contribution is -2.51. The van der Waals surface area contributed by atoms with Gasteiger partial charge in [0.15, 0.2) is 0 Å². The van der Waals surface area contributed by atoms with Crippen molar-refractivity contribution in [2.24, 2.45) is 14.1 Å². The third-order valence-corrected chi connectivity index (χ3v) is 7.73. The highest BCUT2D eigenvalue weighted by Gasteiger charge is 2.42. The molecule has 1 saturated heterocycles. The molecule has 1 aliphatic rings. The smallest absolute Gasteiger partial charge is 0.420 e. The summed E-state index contributed by atoms with van der Waals surface area (Å²) in [7, 11) is 4.67. The number of nitrogens with one attached hydrogen (secondary N) is 1. The third-order valence-electron chi connectivity index (χ3n) is 7.73. The Labute approximate surface area is 234 Å². The highest BCUT2D eigenvalue weighted by Crippen LogP contribution is 2.35.